The number of hydrogen-bond acceptors (Lipinski definition) is 6. The zero-order valence-electron chi connectivity index (χ0n) is 14.0. The molecule has 3 rings (SSSR count). The van der Waals surface area contributed by atoms with E-state index in [1.54, 1.807) is 6.07 Å². The minimum Gasteiger partial charge on any atom is -0.506 e. The summed E-state index contributed by atoms with van der Waals surface area (Å²) in [6, 6.07) is 18.4. The zero-order chi connectivity index (χ0) is 19.4. The van der Waals surface area contributed by atoms with Crippen molar-refractivity contribution >= 4 is 29.2 Å². The molecule has 27 heavy (non-hydrogen) atoms. The number of aromatic hydroxyl groups is 1. The van der Waals surface area contributed by atoms with Gasteiger partial charge in [0.15, 0.2) is 0 Å². The molecule has 5 nitrogen and oxygen atoms in total. The molecule has 0 unspecified atom stereocenters. The van der Waals surface area contributed by atoms with Crippen LogP contribution in [0.25, 0.3) is 11.1 Å². The quantitative estimate of drug-likeness (QED) is 0.622. The summed E-state index contributed by atoms with van der Waals surface area (Å²) >= 11 is 7.38. The predicted octanol–water partition coefficient (Wildman–Crippen LogP) is 4.73. The minimum absolute atomic E-state index is 0.0475. The summed E-state index contributed by atoms with van der Waals surface area (Å²) in [5.41, 5.74) is 8.31. The lowest BCUT2D eigenvalue weighted by Gasteiger charge is -2.13. The van der Waals surface area contributed by atoms with Crippen LogP contribution in [0.15, 0.2) is 53.6 Å². The highest BCUT2D eigenvalue weighted by Gasteiger charge is 2.21. The summed E-state index contributed by atoms with van der Waals surface area (Å²) in [5, 5.41) is 29.5. The van der Waals surface area contributed by atoms with E-state index in [9.17, 15) is 15.6 Å². The van der Waals surface area contributed by atoms with Crippen molar-refractivity contribution in [2.75, 3.05) is 5.73 Å². The molecule has 132 valence electrons. The number of pyridine rings is 1. The van der Waals surface area contributed by atoms with Gasteiger partial charge in [0.25, 0.3) is 0 Å². The topological polar surface area (TPSA) is 107 Å². The van der Waals surface area contributed by atoms with Crippen LogP contribution in [-0.2, 0) is 5.75 Å². The number of anilines is 1. The van der Waals surface area contributed by atoms with Gasteiger partial charge in [-0.15, -0.1) is 11.8 Å². The van der Waals surface area contributed by atoms with Gasteiger partial charge in [-0.05, 0) is 23.3 Å². The number of phenols is 1. The number of nitrogen functional groups attached to an aromatic ring is 1. The van der Waals surface area contributed by atoms with Crippen LogP contribution in [0.2, 0.25) is 5.02 Å². The van der Waals surface area contributed by atoms with Gasteiger partial charge in [-0.3, -0.25) is 0 Å². The second kappa shape index (κ2) is 8.01. The van der Waals surface area contributed by atoms with Crippen LogP contribution < -0.4 is 5.73 Å². The van der Waals surface area contributed by atoms with Gasteiger partial charge in [-0.25, -0.2) is 4.98 Å². The number of benzene rings is 2. The van der Waals surface area contributed by atoms with Crippen molar-refractivity contribution in [1.29, 1.82) is 10.5 Å². The Kier molecular flexibility index (Phi) is 5.52. The van der Waals surface area contributed by atoms with Crippen molar-refractivity contribution in [3.8, 4) is 29.0 Å². The normalized spacial score (nSPS) is 10.2. The third-order valence-electron chi connectivity index (χ3n) is 3.87. The summed E-state index contributed by atoms with van der Waals surface area (Å²) < 4.78 is 0. The fourth-order valence-electron chi connectivity index (χ4n) is 2.58. The number of aromatic nitrogens is 1. The van der Waals surface area contributed by atoms with Gasteiger partial charge >= 0.3 is 0 Å². The highest BCUT2D eigenvalue weighted by molar-refractivity contribution is 7.98. The Morgan fingerprint density at radius 2 is 1.78 bits per heavy atom. The van der Waals surface area contributed by atoms with E-state index in [2.05, 4.69) is 11.1 Å². The maximum Gasteiger partial charge on any atom is 0.143 e. The van der Waals surface area contributed by atoms with Gasteiger partial charge in [0.1, 0.15) is 34.3 Å². The van der Waals surface area contributed by atoms with E-state index in [0.717, 1.165) is 5.56 Å². The van der Waals surface area contributed by atoms with Gasteiger partial charge in [0.2, 0.25) is 0 Å². The van der Waals surface area contributed by atoms with Gasteiger partial charge in [-0.2, -0.15) is 10.5 Å². The molecule has 3 aromatic rings. The van der Waals surface area contributed by atoms with Crippen LogP contribution >= 0.6 is 23.4 Å². The number of nitriles is 2. The third kappa shape index (κ3) is 3.83. The maximum atomic E-state index is 9.76. The third-order valence-corrected chi connectivity index (χ3v) is 5.22. The van der Waals surface area contributed by atoms with E-state index in [4.69, 9.17) is 17.3 Å². The largest absolute Gasteiger partial charge is 0.506 e. The van der Waals surface area contributed by atoms with E-state index in [-0.39, 0.29) is 27.7 Å². The Balaban J connectivity index is 2.13. The molecule has 0 aliphatic rings. The van der Waals surface area contributed by atoms with Crippen LogP contribution in [-0.4, -0.2) is 10.1 Å². The Bertz CT molecular complexity index is 1090. The number of phenolic OH excluding ortho intramolecular Hbond substituents is 1. The standard InChI is InChI=1S/C20H13ClN4OS/c21-16-8-13(6-7-17(16)26)18-14(9-22)19(24)25-20(15(18)10-23)27-11-12-4-2-1-3-5-12/h1-8,26H,11H2,(H2,24,25). The van der Waals surface area contributed by atoms with E-state index in [1.807, 2.05) is 36.4 Å². The van der Waals surface area contributed by atoms with Crippen molar-refractivity contribution in [2.24, 2.45) is 0 Å². The Hall–Kier alpha value is -3.19. The maximum absolute atomic E-state index is 9.76. The van der Waals surface area contributed by atoms with E-state index < -0.39 is 0 Å². The molecule has 0 aliphatic carbocycles. The van der Waals surface area contributed by atoms with Crippen LogP contribution in [0, 0.1) is 22.7 Å². The SMILES string of the molecule is N#Cc1c(N)nc(SCc2ccccc2)c(C#N)c1-c1ccc(O)c(Cl)c1. The zero-order valence-corrected chi connectivity index (χ0v) is 15.6. The van der Waals surface area contributed by atoms with Crippen LogP contribution in [0.3, 0.4) is 0 Å². The highest BCUT2D eigenvalue weighted by atomic mass is 35.5. The lowest BCUT2D eigenvalue weighted by molar-refractivity contribution is 0.475. The first-order valence-electron chi connectivity index (χ1n) is 7.84. The van der Waals surface area contributed by atoms with Gasteiger partial charge < -0.3 is 10.8 Å². The number of rotatable bonds is 4. The molecule has 0 saturated heterocycles. The molecule has 1 heterocycles. The van der Waals surface area contributed by atoms with Gasteiger partial charge in [0, 0.05) is 11.3 Å². The Morgan fingerprint density at radius 1 is 1.07 bits per heavy atom. The molecule has 3 N–H and O–H groups in total. The molecule has 0 aliphatic heterocycles. The lowest BCUT2D eigenvalue weighted by Crippen LogP contribution is -2.03. The first-order chi connectivity index (χ1) is 13.0. The van der Waals surface area contributed by atoms with Crippen molar-refractivity contribution in [1.82, 2.24) is 4.98 Å². The Morgan fingerprint density at radius 3 is 2.41 bits per heavy atom. The number of thioether (sulfide) groups is 1. The summed E-state index contributed by atoms with van der Waals surface area (Å²) in [5.74, 6) is 0.563. The number of hydrogen-bond donors (Lipinski definition) is 2. The van der Waals surface area contributed by atoms with Crippen LogP contribution in [0.1, 0.15) is 16.7 Å². The van der Waals surface area contributed by atoms with Crippen LogP contribution in [0.5, 0.6) is 5.75 Å². The summed E-state index contributed by atoms with van der Waals surface area (Å²) in [6.45, 7) is 0. The molecule has 0 spiro atoms. The summed E-state index contributed by atoms with van der Waals surface area (Å²) in [7, 11) is 0. The van der Waals surface area contributed by atoms with E-state index in [1.165, 1.54) is 23.9 Å². The molecule has 0 amide bonds. The lowest BCUT2D eigenvalue weighted by atomic mass is 9.97. The average molecular weight is 393 g/mol. The molecule has 0 saturated carbocycles. The second-order valence-corrected chi connectivity index (χ2v) is 6.96. The molecule has 1 aromatic heterocycles. The minimum atomic E-state index is -0.0851. The second-order valence-electron chi connectivity index (χ2n) is 5.59. The van der Waals surface area contributed by atoms with Crippen LogP contribution in [0.4, 0.5) is 5.82 Å². The smallest absolute Gasteiger partial charge is 0.143 e. The monoisotopic (exact) mass is 392 g/mol. The summed E-state index contributed by atoms with van der Waals surface area (Å²) in [4.78, 5) is 4.27. The fraction of sp³-hybridized carbons (Fsp3) is 0.0500. The Labute approximate surface area is 165 Å². The van der Waals surface area contributed by atoms with Crippen molar-refractivity contribution < 1.29 is 5.11 Å². The number of nitrogens with two attached hydrogens (primary N) is 1. The van der Waals surface area contributed by atoms with Gasteiger partial charge in [-0.1, -0.05) is 48.0 Å². The van der Waals surface area contributed by atoms with E-state index in [0.29, 0.717) is 21.9 Å². The molecule has 0 atom stereocenters. The first kappa shape index (κ1) is 18.6. The molecule has 2 aromatic carbocycles. The van der Waals surface area contributed by atoms with Crippen molar-refractivity contribution in [2.45, 2.75) is 10.8 Å². The molecule has 0 fully saturated rings. The number of nitrogens with zero attached hydrogens (tertiary/aromatic N) is 3. The predicted molar refractivity (Wildman–Crippen MR) is 106 cm³/mol. The van der Waals surface area contributed by atoms with Crippen molar-refractivity contribution in [3.63, 3.8) is 0 Å². The average Bonchev–Trinajstić information content (AvgIpc) is 2.68. The molecular formula is C20H13ClN4OS. The van der Waals surface area contributed by atoms with Crippen molar-refractivity contribution in [3.05, 3.63) is 70.2 Å². The first-order valence-corrected chi connectivity index (χ1v) is 9.20. The molecular weight excluding hydrogens is 380 g/mol. The van der Waals surface area contributed by atoms with E-state index >= 15 is 0 Å². The number of halogens is 1. The fourth-order valence-corrected chi connectivity index (χ4v) is 3.71. The summed E-state index contributed by atoms with van der Waals surface area (Å²) in [6.07, 6.45) is 0. The molecule has 0 radical (unpaired) electrons. The highest BCUT2D eigenvalue weighted by Crippen LogP contribution is 2.38. The molecule has 0 bridgehead atoms. The van der Waals surface area contributed by atoms with Gasteiger partial charge in [0.05, 0.1) is 10.6 Å². The molecule has 7 heteroatoms.